The van der Waals surface area contributed by atoms with Crippen LogP contribution in [-0.4, -0.2) is 9.97 Å². The topological polar surface area (TPSA) is 54.7 Å². The number of hydrogen-bond acceptors (Lipinski definition) is 2. The van der Waals surface area contributed by atoms with Gasteiger partial charge in [0.2, 0.25) is 0 Å². The number of rotatable bonds is 2. The molecule has 0 atom stereocenters. The Morgan fingerprint density at radius 2 is 1.76 bits per heavy atom. The molecule has 4 fully saturated rings. The summed E-state index contributed by atoms with van der Waals surface area (Å²) in [7, 11) is 0. The highest BCUT2D eigenvalue weighted by Gasteiger charge is 2.53. The molecule has 0 saturated heterocycles. The molecule has 0 radical (unpaired) electrons. The summed E-state index contributed by atoms with van der Waals surface area (Å²) < 4.78 is 0. The second-order valence-electron chi connectivity index (χ2n) is 7.84. The van der Waals surface area contributed by atoms with E-state index in [-0.39, 0.29) is 0 Å². The number of imidazole rings is 1. The number of nitrogens with two attached hydrogens (primary N) is 1. The molecule has 0 aliphatic heterocycles. The standard InChI is InChI=1S/C18H23N3/c19-10-11-1-2-15-16(6-11)21-17(20-15)18-7-12-3-13(8-18)5-14(4-12)9-18/h1-2,6,12-14H,3-5,7-10,19H2,(H,20,21). The first-order valence-corrected chi connectivity index (χ1v) is 8.43. The zero-order valence-electron chi connectivity index (χ0n) is 12.4. The lowest BCUT2D eigenvalue weighted by Crippen LogP contribution is -2.49. The molecule has 4 aliphatic rings. The normalized spacial score (nSPS) is 37.5. The Morgan fingerprint density at radius 3 is 2.38 bits per heavy atom. The average Bonchev–Trinajstić information content (AvgIpc) is 2.89. The highest BCUT2D eigenvalue weighted by Crippen LogP contribution is 2.60. The number of aromatic nitrogens is 2. The van der Waals surface area contributed by atoms with Crippen molar-refractivity contribution in [2.24, 2.45) is 23.5 Å². The molecular formula is C18H23N3. The Bertz CT molecular complexity index is 664. The number of fused-ring (bicyclic) bond motifs is 1. The molecule has 0 unspecified atom stereocenters. The maximum absolute atomic E-state index is 5.76. The molecule has 1 aromatic carbocycles. The van der Waals surface area contributed by atoms with Crippen LogP contribution >= 0.6 is 0 Å². The lowest BCUT2D eigenvalue weighted by molar-refractivity contribution is -0.00886. The van der Waals surface area contributed by atoms with Gasteiger partial charge in [-0.3, -0.25) is 0 Å². The van der Waals surface area contributed by atoms with Crippen LogP contribution in [0, 0.1) is 17.8 Å². The molecule has 4 bridgehead atoms. The summed E-state index contributed by atoms with van der Waals surface area (Å²) in [6, 6.07) is 6.40. The van der Waals surface area contributed by atoms with Crippen molar-refractivity contribution in [3.05, 3.63) is 29.6 Å². The van der Waals surface area contributed by atoms with Gasteiger partial charge in [0.25, 0.3) is 0 Å². The van der Waals surface area contributed by atoms with E-state index in [4.69, 9.17) is 10.7 Å². The molecule has 4 saturated carbocycles. The minimum absolute atomic E-state index is 0.358. The third-order valence-electron chi connectivity index (χ3n) is 6.32. The van der Waals surface area contributed by atoms with Crippen LogP contribution in [0.15, 0.2) is 18.2 Å². The van der Waals surface area contributed by atoms with E-state index in [1.807, 2.05) is 0 Å². The van der Waals surface area contributed by atoms with Gasteiger partial charge in [-0.15, -0.1) is 0 Å². The predicted molar refractivity (Wildman–Crippen MR) is 83.8 cm³/mol. The van der Waals surface area contributed by atoms with Crippen molar-refractivity contribution in [1.82, 2.24) is 9.97 Å². The summed E-state index contributed by atoms with van der Waals surface area (Å²) in [6.45, 7) is 0.599. The Hall–Kier alpha value is -1.35. The lowest BCUT2D eigenvalue weighted by Gasteiger charge is -2.55. The molecule has 0 spiro atoms. The van der Waals surface area contributed by atoms with Crippen LogP contribution in [0.5, 0.6) is 0 Å². The third kappa shape index (κ3) is 1.73. The smallest absolute Gasteiger partial charge is 0.113 e. The van der Waals surface area contributed by atoms with Gasteiger partial charge in [-0.2, -0.15) is 0 Å². The minimum Gasteiger partial charge on any atom is -0.341 e. The Labute approximate surface area is 125 Å². The highest BCUT2D eigenvalue weighted by molar-refractivity contribution is 5.76. The zero-order valence-corrected chi connectivity index (χ0v) is 12.4. The van der Waals surface area contributed by atoms with Crippen LogP contribution in [0.3, 0.4) is 0 Å². The molecule has 1 heterocycles. The van der Waals surface area contributed by atoms with Crippen LogP contribution < -0.4 is 5.73 Å². The van der Waals surface area contributed by atoms with Crippen molar-refractivity contribution < 1.29 is 0 Å². The van der Waals surface area contributed by atoms with Crippen LogP contribution in [-0.2, 0) is 12.0 Å². The molecule has 0 amide bonds. The van der Waals surface area contributed by atoms with Gasteiger partial charge < -0.3 is 10.7 Å². The molecule has 3 heteroatoms. The van der Waals surface area contributed by atoms with Gasteiger partial charge in [-0.05, 0) is 74.0 Å². The fourth-order valence-electron chi connectivity index (χ4n) is 5.84. The Kier molecular flexibility index (Phi) is 2.38. The van der Waals surface area contributed by atoms with E-state index >= 15 is 0 Å². The summed E-state index contributed by atoms with van der Waals surface area (Å²) in [4.78, 5) is 8.64. The van der Waals surface area contributed by atoms with Crippen molar-refractivity contribution in [3.8, 4) is 0 Å². The molecule has 3 nitrogen and oxygen atoms in total. The van der Waals surface area contributed by atoms with Crippen molar-refractivity contribution in [2.45, 2.75) is 50.5 Å². The maximum atomic E-state index is 5.76. The van der Waals surface area contributed by atoms with E-state index in [0.29, 0.717) is 12.0 Å². The number of nitrogens with zero attached hydrogens (tertiary/aromatic N) is 1. The molecule has 3 N–H and O–H groups in total. The van der Waals surface area contributed by atoms with Gasteiger partial charge in [0.05, 0.1) is 11.0 Å². The maximum Gasteiger partial charge on any atom is 0.113 e. The Morgan fingerprint density at radius 1 is 1.10 bits per heavy atom. The van der Waals surface area contributed by atoms with E-state index < -0.39 is 0 Å². The number of hydrogen-bond donors (Lipinski definition) is 2. The van der Waals surface area contributed by atoms with Crippen LogP contribution in [0.4, 0.5) is 0 Å². The van der Waals surface area contributed by atoms with Crippen molar-refractivity contribution in [1.29, 1.82) is 0 Å². The quantitative estimate of drug-likeness (QED) is 0.885. The minimum atomic E-state index is 0.358. The largest absolute Gasteiger partial charge is 0.341 e. The molecule has 2 aromatic rings. The van der Waals surface area contributed by atoms with Crippen molar-refractivity contribution in [3.63, 3.8) is 0 Å². The number of benzene rings is 1. The molecular weight excluding hydrogens is 258 g/mol. The van der Waals surface area contributed by atoms with Crippen LogP contribution in [0.25, 0.3) is 11.0 Å². The second-order valence-corrected chi connectivity index (χ2v) is 7.84. The average molecular weight is 281 g/mol. The summed E-state index contributed by atoms with van der Waals surface area (Å²) in [5, 5.41) is 0. The molecule has 21 heavy (non-hydrogen) atoms. The first kappa shape index (κ1) is 12.2. The fourth-order valence-corrected chi connectivity index (χ4v) is 5.84. The van der Waals surface area contributed by atoms with E-state index in [0.717, 1.165) is 23.3 Å². The van der Waals surface area contributed by atoms with Crippen molar-refractivity contribution in [2.75, 3.05) is 0 Å². The Balaban J connectivity index is 1.60. The number of H-pyrrole nitrogens is 1. The summed E-state index contributed by atoms with van der Waals surface area (Å²) >= 11 is 0. The molecule has 4 aliphatic carbocycles. The van der Waals surface area contributed by atoms with E-state index in [2.05, 4.69) is 23.2 Å². The summed E-state index contributed by atoms with van der Waals surface area (Å²) in [5.74, 6) is 4.16. The third-order valence-corrected chi connectivity index (χ3v) is 6.32. The van der Waals surface area contributed by atoms with E-state index in [9.17, 15) is 0 Å². The number of nitrogens with one attached hydrogen (secondary N) is 1. The second kappa shape index (κ2) is 4.10. The SMILES string of the molecule is NCc1ccc2nc(C34CC5CC(CC(C5)C3)C4)[nH]c2c1. The monoisotopic (exact) mass is 281 g/mol. The van der Waals surface area contributed by atoms with Gasteiger partial charge in [0, 0.05) is 12.0 Å². The van der Waals surface area contributed by atoms with Gasteiger partial charge in [0.1, 0.15) is 5.82 Å². The predicted octanol–water partition coefficient (Wildman–Crippen LogP) is 3.49. The first-order valence-electron chi connectivity index (χ1n) is 8.43. The van der Waals surface area contributed by atoms with E-state index in [1.54, 1.807) is 0 Å². The fraction of sp³-hybridized carbons (Fsp3) is 0.611. The van der Waals surface area contributed by atoms with E-state index in [1.165, 1.54) is 55.4 Å². The van der Waals surface area contributed by atoms with Crippen molar-refractivity contribution >= 4 is 11.0 Å². The molecule has 110 valence electrons. The molecule has 6 rings (SSSR count). The lowest BCUT2D eigenvalue weighted by atomic mass is 9.49. The summed E-state index contributed by atoms with van der Waals surface area (Å²) in [5.41, 5.74) is 9.58. The van der Waals surface area contributed by atoms with Crippen LogP contribution in [0.1, 0.15) is 49.9 Å². The van der Waals surface area contributed by atoms with Gasteiger partial charge in [-0.1, -0.05) is 6.07 Å². The highest BCUT2D eigenvalue weighted by atomic mass is 14.9. The van der Waals surface area contributed by atoms with Gasteiger partial charge in [-0.25, -0.2) is 4.98 Å². The van der Waals surface area contributed by atoms with Gasteiger partial charge in [0.15, 0.2) is 0 Å². The van der Waals surface area contributed by atoms with Gasteiger partial charge >= 0.3 is 0 Å². The zero-order chi connectivity index (χ0) is 14.0. The number of aromatic amines is 1. The molecule has 1 aromatic heterocycles. The first-order chi connectivity index (χ1) is 10.2. The van der Waals surface area contributed by atoms with Crippen LogP contribution in [0.2, 0.25) is 0 Å². The summed E-state index contributed by atoms with van der Waals surface area (Å²) in [6.07, 6.45) is 8.54.